The maximum absolute atomic E-state index is 12.9. The summed E-state index contributed by atoms with van der Waals surface area (Å²) in [7, 11) is -2.29. The van der Waals surface area contributed by atoms with Gasteiger partial charge < -0.3 is 10.1 Å². The molecule has 1 aliphatic rings. The van der Waals surface area contributed by atoms with Crippen molar-refractivity contribution < 1.29 is 22.7 Å². The van der Waals surface area contributed by atoms with Gasteiger partial charge in [-0.2, -0.15) is 4.31 Å². The summed E-state index contributed by atoms with van der Waals surface area (Å²) in [5.74, 6) is -0.689. The Morgan fingerprint density at radius 1 is 1.13 bits per heavy atom. The number of anilines is 1. The Bertz CT molecular complexity index is 1000. The van der Waals surface area contributed by atoms with Crippen LogP contribution < -0.4 is 5.32 Å². The third-order valence-corrected chi connectivity index (χ3v) is 8.11. The van der Waals surface area contributed by atoms with Crippen LogP contribution in [0.15, 0.2) is 40.6 Å². The van der Waals surface area contributed by atoms with Crippen molar-refractivity contribution in [2.45, 2.75) is 37.5 Å². The van der Waals surface area contributed by atoms with Gasteiger partial charge in [-0.3, -0.25) is 4.79 Å². The van der Waals surface area contributed by atoms with Crippen molar-refractivity contribution >= 4 is 38.9 Å². The van der Waals surface area contributed by atoms with Gasteiger partial charge in [-0.15, -0.1) is 11.3 Å². The van der Waals surface area contributed by atoms with E-state index in [9.17, 15) is 18.0 Å². The van der Waals surface area contributed by atoms with Crippen LogP contribution in [0.5, 0.6) is 0 Å². The monoisotopic (exact) mass is 450 g/mol. The number of amides is 1. The number of hydrogen-bond donors (Lipinski definition) is 1. The number of hydrogen-bond acceptors (Lipinski definition) is 6. The third kappa shape index (κ3) is 4.74. The molecule has 1 N–H and O–H groups in total. The Kier molecular flexibility index (Phi) is 6.95. The molecule has 7 nitrogen and oxygen atoms in total. The van der Waals surface area contributed by atoms with Crippen molar-refractivity contribution in [2.75, 3.05) is 25.5 Å². The second-order valence-electron chi connectivity index (χ2n) is 7.55. The molecule has 1 aliphatic heterocycles. The molecule has 0 spiro atoms. The van der Waals surface area contributed by atoms with Gasteiger partial charge in [0.1, 0.15) is 4.88 Å². The summed E-state index contributed by atoms with van der Waals surface area (Å²) in [6.07, 6.45) is 0.847. The molecule has 0 bridgehead atoms. The maximum atomic E-state index is 12.9. The standard InChI is InChI=1S/C21H26N2O5S2/c1-14(2)15-4-6-17(7-5-15)30(26,27)23-11-8-16(9-12-23)20(24)22-18-10-13-29-19(18)21(25)28-3/h4-7,10,13-14,16H,8-9,11-12H2,1-3H3,(H,22,24). The molecule has 2 aromatic rings. The highest BCUT2D eigenvalue weighted by Crippen LogP contribution is 2.28. The van der Waals surface area contributed by atoms with E-state index in [0.29, 0.717) is 29.3 Å². The van der Waals surface area contributed by atoms with Gasteiger partial charge in [-0.25, -0.2) is 13.2 Å². The lowest BCUT2D eigenvalue weighted by atomic mass is 9.97. The van der Waals surface area contributed by atoms with E-state index in [-0.39, 0.29) is 29.8 Å². The zero-order valence-electron chi connectivity index (χ0n) is 17.3. The van der Waals surface area contributed by atoms with Crippen LogP contribution in [0.1, 0.15) is 47.8 Å². The fourth-order valence-electron chi connectivity index (χ4n) is 3.43. The van der Waals surface area contributed by atoms with E-state index in [4.69, 9.17) is 4.74 Å². The number of rotatable bonds is 6. The van der Waals surface area contributed by atoms with Gasteiger partial charge in [0.2, 0.25) is 15.9 Å². The number of nitrogens with one attached hydrogen (secondary N) is 1. The zero-order chi connectivity index (χ0) is 21.9. The first-order chi connectivity index (χ1) is 14.2. The molecule has 0 unspecified atom stereocenters. The van der Waals surface area contributed by atoms with Gasteiger partial charge in [0, 0.05) is 19.0 Å². The van der Waals surface area contributed by atoms with Crippen LogP contribution in [0.2, 0.25) is 0 Å². The maximum Gasteiger partial charge on any atom is 0.350 e. The summed E-state index contributed by atoms with van der Waals surface area (Å²) < 4.78 is 32.0. The van der Waals surface area contributed by atoms with E-state index in [2.05, 4.69) is 19.2 Å². The highest BCUT2D eigenvalue weighted by molar-refractivity contribution is 7.89. The number of esters is 1. The fourth-order valence-corrected chi connectivity index (χ4v) is 5.66. The Morgan fingerprint density at radius 2 is 1.77 bits per heavy atom. The highest BCUT2D eigenvalue weighted by atomic mass is 32.2. The second-order valence-corrected chi connectivity index (χ2v) is 10.4. The first-order valence-electron chi connectivity index (χ1n) is 9.80. The third-order valence-electron chi connectivity index (χ3n) is 5.30. The summed E-state index contributed by atoms with van der Waals surface area (Å²) in [6.45, 7) is 4.67. The van der Waals surface area contributed by atoms with E-state index in [0.717, 1.165) is 5.56 Å². The van der Waals surface area contributed by atoms with Crippen LogP contribution in [-0.2, 0) is 19.6 Å². The molecular weight excluding hydrogens is 424 g/mol. The van der Waals surface area contributed by atoms with Crippen molar-refractivity contribution in [2.24, 2.45) is 5.92 Å². The van der Waals surface area contributed by atoms with E-state index >= 15 is 0 Å². The number of piperidine rings is 1. The Labute approximate surface area is 181 Å². The number of carbonyl (C=O) groups excluding carboxylic acids is 2. The molecule has 2 heterocycles. The normalized spacial score (nSPS) is 15.9. The van der Waals surface area contributed by atoms with Crippen molar-refractivity contribution in [1.82, 2.24) is 4.31 Å². The molecule has 0 radical (unpaired) electrons. The fraction of sp³-hybridized carbons (Fsp3) is 0.429. The quantitative estimate of drug-likeness (QED) is 0.678. The summed E-state index contributed by atoms with van der Waals surface area (Å²) in [6, 6.07) is 8.65. The largest absolute Gasteiger partial charge is 0.465 e. The molecule has 1 fully saturated rings. The summed E-state index contributed by atoms with van der Waals surface area (Å²) >= 11 is 1.20. The van der Waals surface area contributed by atoms with Crippen LogP contribution in [-0.4, -0.2) is 44.8 Å². The topological polar surface area (TPSA) is 92.8 Å². The lowest BCUT2D eigenvalue weighted by Gasteiger charge is -2.30. The molecule has 0 aliphatic carbocycles. The lowest BCUT2D eigenvalue weighted by molar-refractivity contribution is -0.120. The summed E-state index contributed by atoms with van der Waals surface area (Å²) in [5.41, 5.74) is 1.52. The summed E-state index contributed by atoms with van der Waals surface area (Å²) in [5, 5.41) is 4.49. The molecule has 9 heteroatoms. The Balaban J connectivity index is 1.62. The lowest BCUT2D eigenvalue weighted by Crippen LogP contribution is -2.41. The smallest absolute Gasteiger partial charge is 0.350 e. The van der Waals surface area contributed by atoms with Crippen molar-refractivity contribution in [3.63, 3.8) is 0 Å². The number of ether oxygens (including phenoxy) is 1. The zero-order valence-corrected chi connectivity index (χ0v) is 18.9. The Morgan fingerprint density at radius 3 is 2.33 bits per heavy atom. The first-order valence-corrected chi connectivity index (χ1v) is 12.1. The molecule has 1 aromatic carbocycles. The highest BCUT2D eigenvalue weighted by Gasteiger charge is 2.32. The van der Waals surface area contributed by atoms with Crippen molar-refractivity contribution in [3.05, 3.63) is 46.2 Å². The number of nitrogens with zero attached hydrogens (tertiary/aromatic N) is 1. The van der Waals surface area contributed by atoms with Gasteiger partial charge in [0.25, 0.3) is 0 Å². The van der Waals surface area contributed by atoms with Crippen molar-refractivity contribution in [1.29, 1.82) is 0 Å². The van der Waals surface area contributed by atoms with Crippen LogP contribution >= 0.6 is 11.3 Å². The van der Waals surface area contributed by atoms with Crippen LogP contribution in [0, 0.1) is 5.92 Å². The van der Waals surface area contributed by atoms with E-state index < -0.39 is 16.0 Å². The van der Waals surface area contributed by atoms with Crippen LogP contribution in [0.4, 0.5) is 5.69 Å². The van der Waals surface area contributed by atoms with Gasteiger partial charge in [-0.1, -0.05) is 26.0 Å². The van der Waals surface area contributed by atoms with Gasteiger partial charge in [0.15, 0.2) is 0 Å². The first kappa shape index (κ1) is 22.5. The molecule has 0 saturated carbocycles. The molecule has 1 aromatic heterocycles. The average Bonchev–Trinajstić information content (AvgIpc) is 3.21. The molecule has 1 amide bonds. The SMILES string of the molecule is COC(=O)c1sccc1NC(=O)C1CCN(S(=O)(=O)c2ccc(C(C)C)cc2)CC1. The molecule has 3 rings (SSSR count). The van der Waals surface area contributed by atoms with Crippen LogP contribution in [0.25, 0.3) is 0 Å². The number of sulfonamides is 1. The molecule has 1 saturated heterocycles. The van der Waals surface area contributed by atoms with E-state index in [1.165, 1.54) is 22.8 Å². The summed E-state index contributed by atoms with van der Waals surface area (Å²) in [4.78, 5) is 25.0. The molecular formula is C21H26N2O5S2. The average molecular weight is 451 g/mol. The number of carbonyl (C=O) groups is 2. The predicted octanol–water partition coefficient (Wildman–Crippen LogP) is 3.70. The van der Waals surface area contributed by atoms with Crippen LogP contribution in [0.3, 0.4) is 0 Å². The minimum absolute atomic E-state index is 0.211. The predicted molar refractivity (Wildman–Crippen MR) is 116 cm³/mol. The molecule has 162 valence electrons. The van der Waals surface area contributed by atoms with Crippen molar-refractivity contribution in [3.8, 4) is 0 Å². The number of methoxy groups -OCH3 is 1. The second kappa shape index (κ2) is 9.28. The van der Waals surface area contributed by atoms with Gasteiger partial charge >= 0.3 is 5.97 Å². The Hall–Kier alpha value is -2.23. The number of thiophene rings is 1. The minimum Gasteiger partial charge on any atom is -0.465 e. The molecule has 0 atom stereocenters. The molecule has 30 heavy (non-hydrogen) atoms. The van der Waals surface area contributed by atoms with Gasteiger partial charge in [-0.05, 0) is 47.9 Å². The van der Waals surface area contributed by atoms with Gasteiger partial charge in [0.05, 0.1) is 17.7 Å². The van der Waals surface area contributed by atoms with E-state index in [1.807, 2.05) is 12.1 Å². The van der Waals surface area contributed by atoms with E-state index in [1.54, 1.807) is 23.6 Å². The minimum atomic E-state index is -3.58. The number of benzene rings is 1.